The lowest BCUT2D eigenvalue weighted by Gasteiger charge is -2.01. The van der Waals surface area contributed by atoms with Crippen LogP contribution in [-0.2, 0) is 0 Å². The lowest BCUT2D eigenvalue weighted by Crippen LogP contribution is -1.81. The van der Waals surface area contributed by atoms with Gasteiger partial charge < -0.3 is 10.3 Å². The summed E-state index contributed by atoms with van der Waals surface area (Å²) in [6.07, 6.45) is 0. The Morgan fingerprint density at radius 2 is 2.21 bits per heavy atom. The maximum Gasteiger partial charge on any atom is 0.170 e. The van der Waals surface area contributed by atoms with Crippen molar-refractivity contribution in [3.63, 3.8) is 0 Å². The number of aromatic nitrogens is 1. The number of nitrogen functional groups attached to an aromatic ring is 1. The molecule has 1 aromatic carbocycles. The van der Waals surface area contributed by atoms with Crippen molar-refractivity contribution in [1.82, 2.24) is 5.16 Å². The fourth-order valence-corrected chi connectivity index (χ4v) is 1.47. The number of benzene rings is 1. The van der Waals surface area contributed by atoms with Crippen LogP contribution >= 0.6 is 11.6 Å². The summed E-state index contributed by atoms with van der Waals surface area (Å²) in [6, 6.07) is 7.37. The molecular weight excluding hydrogens is 200 g/mol. The van der Waals surface area contributed by atoms with Crippen molar-refractivity contribution in [1.29, 1.82) is 0 Å². The van der Waals surface area contributed by atoms with Crippen LogP contribution in [0.2, 0.25) is 5.02 Å². The standard InChI is InChI=1S/C10H9ClN2O/c1-6-3-2-4-7(10(6)11)8-5-9(12)13-14-8/h2-5H,1H3,(H2,12,13). The number of halogens is 1. The van der Waals surface area contributed by atoms with Crippen LogP contribution in [0.4, 0.5) is 5.82 Å². The number of hydrogen-bond donors (Lipinski definition) is 1. The first-order valence-electron chi connectivity index (χ1n) is 4.16. The fourth-order valence-electron chi connectivity index (χ4n) is 1.25. The average Bonchev–Trinajstić information content (AvgIpc) is 2.57. The summed E-state index contributed by atoms with van der Waals surface area (Å²) in [5.74, 6) is 0.953. The van der Waals surface area contributed by atoms with Crippen molar-refractivity contribution >= 4 is 17.4 Å². The van der Waals surface area contributed by atoms with Gasteiger partial charge in [0.2, 0.25) is 0 Å². The third kappa shape index (κ3) is 1.46. The second-order valence-electron chi connectivity index (χ2n) is 3.05. The number of nitrogens with zero attached hydrogens (tertiary/aromatic N) is 1. The van der Waals surface area contributed by atoms with Crippen molar-refractivity contribution < 1.29 is 4.52 Å². The first-order chi connectivity index (χ1) is 6.68. The van der Waals surface area contributed by atoms with E-state index in [0.717, 1.165) is 11.1 Å². The van der Waals surface area contributed by atoms with Gasteiger partial charge in [0, 0.05) is 11.6 Å². The summed E-state index contributed by atoms with van der Waals surface area (Å²) >= 11 is 6.11. The zero-order valence-corrected chi connectivity index (χ0v) is 8.38. The lowest BCUT2D eigenvalue weighted by atomic mass is 10.1. The Labute approximate surface area is 86.5 Å². The predicted octanol–water partition coefficient (Wildman–Crippen LogP) is 2.89. The van der Waals surface area contributed by atoms with Crippen molar-refractivity contribution in [2.75, 3.05) is 5.73 Å². The smallest absolute Gasteiger partial charge is 0.170 e. The third-order valence-corrected chi connectivity index (χ3v) is 2.49. The minimum atomic E-state index is 0.359. The molecule has 0 radical (unpaired) electrons. The van der Waals surface area contributed by atoms with Crippen LogP contribution in [0.15, 0.2) is 28.8 Å². The highest BCUT2D eigenvalue weighted by Gasteiger charge is 2.09. The molecule has 0 saturated heterocycles. The SMILES string of the molecule is Cc1cccc(-c2cc(N)no2)c1Cl. The molecule has 0 aliphatic rings. The zero-order chi connectivity index (χ0) is 10.1. The first kappa shape index (κ1) is 9.09. The topological polar surface area (TPSA) is 52.0 Å². The molecular formula is C10H9ClN2O. The molecule has 0 atom stereocenters. The summed E-state index contributed by atoms with van der Waals surface area (Å²) in [5, 5.41) is 4.28. The van der Waals surface area contributed by atoms with E-state index in [1.54, 1.807) is 6.07 Å². The molecule has 72 valence electrons. The van der Waals surface area contributed by atoms with E-state index in [4.69, 9.17) is 21.9 Å². The van der Waals surface area contributed by atoms with Gasteiger partial charge in [0.1, 0.15) is 0 Å². The normalized spacial score (nSPS) is 10.4. The molecule has 4 heteroatoms. The highest BCUT2D eigenvalue weighted by Crippen LogP contribution is 2.30. The molecule has 0 spiro atoms. The van der Waals surface area contributed by atoms with Crippen LogP contribution < -0.4 is 5.73 Å². The van der Waals surface area contributed by atoms with Gasteiger partial charge in [0.15, 0.2) is 11.6 Å². The van der Waals surface area contributed by atoms with Gasteiger partial charge in [-0.25, -0.2) is 0 Å². The molecule has 0 saturated carbocycles. The van der Waals surface area contributed by atoms with Gasteiger partial charge in [-0.05, 0) is 18.6 Å². The molecule has 2 rings (SSSR count). The highest BCUT2D eigenvalue weighted by atomic mass is 35.5. The molecule has 2 N–H and O–H groups in total. The monoisotopic (exact) mass is 208 g/mol. The first-order valence-corrected chi connectivity index (χ1v) is 4.54. The van der Waals surface area contributed by atoms with Gasteiger partial charge >= 0.3 is 0 Å². The van der Waals surface area contributed by atoms with Gasteiger partial charge in [0.25, 0.3) is 0 Å². The molecule has 0 amide bonds. The van der Waals surface area contributed by atoms with Crippen LogP contribution in [0.5, 0.6) is 0 Å². The Hall–Kier alpha value is -1.48. The number of nitrogens with two attached hydrogens (primary N) is 1. The van der Waals surface area contributed by atoms with Crippen molar-refractivity contribution in [2.24, 2.45) is 0 Å². The molecule has 0 aliphatic heterocycles. The van der Waals surface area contributed by atoms with Crippen LogP contribution in [0.1, 0.15) is 5.56 Å². The predicted molar refractivity (Wildman–Crippen MR) is 56.1 cm³/mol. The largest absolute Gasteiger partial charge is 0.381 e. The average molecular weight is 209 g/mol. The van der Waals surface area contributed by atoms with Gasteiger partial charge in [-0.3, -0.25) is 0 Å². The second kappa shape index (κ2) is 3.35. The molecule has 3 nitrogen and oxygen atoms in total. The van der Waals surface area contributed by atoms with E-state index in [0.29, 0.717) is 16.6 Å². The van der Waals surface area contributed by atoms with Crippen molar-refractivity contribution in [2.45, 2.75) is 6.92 Å². The van der Waals surface area contributed by atoms with E-state index in [2.05, 4.69) is 5.16 Å². The third-order valence-electron chi connectivity index (χ3n) is 1.99. The summed E-state index contributed by atoms with van der Waals surface area (Å²) in [6.45, 7) is 1.94. The molecule has 14 heavy (non-hydrogen) atoms. The minimum Gasteiger partial charge on any atom is -0.381 e. The van der Waals surface area contributed by atoms with Gasteiger partial charge in [-0.2, -0.15) is 0 Å². The van der Waals surface area contributed by atoms with E-state index >= 15 is 0 Å². The lowest BCUT2D eigenvalue weighted by molar-refractivity contribution is 0.436. The zero-order valence-electron chi connectivity index (χ0n) is 7.62. The Balaban J connectivity index is 2.57. The number of rotatable bonds is 1. The quantitative estimate of drug-likeness (QED) is 0.784. The molecule has 0 bridgehead atoms. The molecule has 2 aromatic rings. The van der Waals surface area contributed by atoms with Crippen molar-refractivity contribution in [3.05, 3.63) is 34.9 Å². The molecule has 1 heterocycles. The number of aryl methyl sites for hydroxylation is 1. The Morgan fingerprint density at radius 3 is 2.86 bits per heavy atom. The number of anilines is 1. The van der Waals surface area contributed by atoms with E-state index in [-0.39, 0.29) is 0 Å². The van der Waals surface area contributed by atoms with E-state index in [1.165, 1.54) is 0 Å². The summed E-state index contributed by atoms with van der Waals surface area (Å²) < 4.78 is 5.03. The molecule has 1 aromatic heterocycles. The Kier molecular flexibility index (Phi) is 2.17. The van der Waals surface area contributed by atoms with Crippen LogP contribution in [-0.4, -0.2) is 5.16 Å². The van der Waals surface area contributed by atoms with Crippen molar-refractivity contribution in [3.8, 4) is 11.3 Å². The maximum absolute atomic E-state index is 6.11. The summed E-state index contributed by atoms with van der Waals surface area (Å²) in [5.41, 5.74) is 7.27. The Morgan fingerprint density at radius 1 is 1.43 bits per heavy atom. The van der Waals surface area contributed by atoms with E-state index in [1.807, 2.05) is 25.1 Å². The van der Waals surface area contributed by atoms with Gasteiger partial charge in [-0.1, -0.05) is 28.9 Å². The van der Waals surface area contributed by atoms with Gasteiger partial charge in [-0.15, -0.1) is 0 Å². The minimum absolute atomic E-state index is 0.359. The van der Waals surface area contributed by atoms with Crippen LogP contribution in [0, 0.1) is 6.92 Å². The molecule has 0 fully saturated rings. The van der Waals surface area contributed by atoms with E-state index in [9.17, 15) is 0 Å². The van der Waals surface area contributed by atoms with E-state index < -0.39 is 0 Å². The van der Waals surface area contributed by atoms with Gasteiger partial charge in [0.05, 0.1) is 5.02 Å². The second-order valence-corrected chi connectivity index (χ2v) is 3.43. The molecule has 0 aliphatic carbocycles. The Bertz CT molecular complexity index is 465. The molecule has 0 unspecified atom stereocenters. The summed E-state index contributed by atoms with van der Waals surface area (Å²) in [7, 11) is 0. The fraction of sp³-hybridized carbons (Fsp3) is 0.100. The summed E-state index contributed by atoms with van der Waals surface area (Å²) in [4.78, 5) is 0. The van der Waals surface area contributed by atoms with Crippen LogP contribution in [0.25, 0.3) is 11.3 Å². The highest BCUT2D eigenvalue weighted by molar-refractivity contribution is 6.34. The maximum atomic E-state index is 6.11. The number of hydrogen-bond acceptors (Lipinski definition) is 3. The van der Waals surface area contributed by atoms with Crippen LogP contribution in [0.3, 0.4) is 0 Å².